The molecule has 32 heavy (non-hydrogen) atoms. The van der Waals surface area contributed by atoms with Gasteiger partial charge in [0.2, 0.25) is 0 Å². The Hall–Kier alpha value is -3.29. The van der Waals surface area contributed by atoms with Gasteiger partial charge in [0.25, 0.3) is 11.5 Å². The highest BCUT2D eigenvalue weighted by atomic mass is 16.6. The van der Waals surface area contributed by atoms with E-state index in [0.29, 0.717) is 34.7 Å². The van der Waals surface area contributed by atoms with Crippen LogP contribution in [0.1, 0.15) is 74.3 Å². The van der Waals surface area contributed by atoms with Gasteiger partial charge in [-0.15, -0.1) is 0 Å². The lowest BCUT2D eigenvalue weighted by Gasteiger charge is -2.38. The minimum absolute atomic E-state index is 0.0875. The van der Waals surface area contributed by atoms with E-state index in [1.165, 1.54) is 0 Å². The van der Waals surface area contributed by atoms with Crippen LogP contribution >= 0.6 is 0 Å². The van der Waals surface area contributed by atoms with E-state index in [0.717, 1.165) is 0 Å². The zero-order valence-electron chi connectivity index (χ0n) is 19.6. The number of pyridine rings is 1. The second-order valence-electron chi connectivity index (χ2n) is 9.81. The van der Waals surface area contributed by atoms with Crippen molar-refractivity contribution < 1.29 is 19.1 Å². The van der Waals surface area contributed by atoms with Crippen molar-refractivity contribution in [3.8, 4) is 5.75 Å². The van der Waals surface area contributed by atoms with Gasteiger partial charge in [-0.2, -0.15) is 0 Å². The molecule has 1 aliphatic heterocycles. The van der Waals surface area contributed by atoms with Crippen LogP contribution in [0.25, 0.3) is 0 Å². The first-order valence-electron chi connectivity index (χ1n) is 10.6. The number of aromatic amines is 1. The molecule has 0 bridgehead atoms. The van der Waals surface area contributed by atoms with Gasteiger partial charge in [0.1, 0.15) is 22.5 Å². The normalized spacial score (nSPS) is 17.0. The smallest absolute Gasteiger partial charge is 0.412 e. The molecule has 0 saturated carbocycles. The van der Waals surface area contributed by atoms with Crippen molar-refractivity contribution in [3.63, 3.8) is 0 Å². The van der Waals surface area contributed by atoms with Gasteiger partial charge < -0.3 is 19.8 Å². The number of benzene rings is 1. The minimum Gasteiger partial charge on any atom is -0.487 e. The predicted molar refractivity (Wildman–Crippen MR) is 122 cm³/mol. The van der Waals surface area contributed by atoms with Crippen LogP contribution in [0, 0.1) is 13.8 Å². The molecule has 1 aromatic heterocycles. The second kappa shape index (κ2) is 8.33. The Morgan fingerprint density at radius 3 is 2.50 bits per heavy atom. The molecule has 0 aliphatic carbocycles. The number of aromatic nitrogens is 1. The lowest BCUT2D eigenvalue weighted by molar-refractivity contribution is 0.0608. The van der Waals surface area contributed by atoms with Gasteiger partial charge in [-0.05, 0) is 78.3 Å². The quantitative estimate of drug-likeness (QED) is 0.655. The Morgan fingerprint density at radius 1 is 1.19 bits per heavy atom. The predicted octanol–water partition coefficient (Wildman–Crippen LogP) is 4.37. The highest BCUT2D eigenvalue weighted by molar-refractivity contribution is 5.95. The van der Waals surface area contributed by atoms with Crippen molar-refractivity contribution in [2.24, 2.45) is 0 Å². The maximum Gasteiger partial charge on any atom is 0.412 e. The van der Waals surface area contributed by atoms with Gasteiger partial charge in [0, 0.05) is 23.4 Å². The van der Waals surface area contributed by atoms with E-state index in [2.05, 4.69) is 15.6 Å². The van der Waals surface area contributed by atoms with Crippen LogP contribution in [0.15, 0.2) is 29.1 Å². The maximum absolute atomic E-state index is 13.0. The van der Waals surface area contributed by atoms with Crippen molar-refractivity contribution in [2.75, 3.05) is 5.32 Å². The van der Waals surface area contributed by atoms with Crippen molar-refractivity contribution in [1.82, 2.24) is 10.3 Å². The van der Waals surface area contributed by atoms with E-state index >= 15 is 0 Å². The van der Waals surface area contributed by atoms with Crippen molar-refractivity contribution in [1.29, 1.82) is 0 Å². The first-order valence-corrected chi connectivity index (χ1v) is 10.6. The number of aryl methyl sites for hydroxylation is 2. The van der Waals surface area contributed by atoms with E-state index in [1.807, 2.05) is 13.8 Å². The number of fused-ring (bicyclic) bond motifs is 1. The number of ether oxygens (including phenoxy) is 2. The molecule has 3 N–H and O–H groups in total. The number of carbonyl (C=O) groups excluding carboxylic acids is 2. The van der Waals surface area contributed by atoms with Gasteiger partial charge >= 0.3 is 6.09 Å². The molecular weight excluding hydrogens is 410 g/mol. The zero-order valence-corrected chi connectivity index (χ0v) is 19.6. The molecule has 2 aromatic rings. The standard InChI is InChI=1S/C24H31N3O5/c1-13-10-14(2)25-20(28)19(13)21(29)27-17-12-24(6,7)31-18-9-8-15(11-16(17)18)26-22(30)32-23(3,4)5/h8-11,17H,12H2,1-7H3,(H,25,28)(H,26,30)(H,27,29). The van der Waals surface area contributed by atoms with Crippen LogP contribution in [0.4, 0.5) is 10.5 Å². The average molecular weight is 442 g/mol. The molecule has 8 nitrogen and oxygen atoms in total. The van der Waals surface area contributed by atoms with Gasteiger partial charge in [0.15, 0.2) is 0 Å². The number of H-pyrrole nitrogens is 1. The van der Waals surface area contributed by atoms with Gasteiger partial charge in [0.05, 0.1) is 6.04 Å². The largest absolute Gasteiger partial charge is 0.487 e. The summed E-state index contributed by atoms with van der Waals surface area (Å²) < 4.78 is 11.4. The first-order chi connectivity index (χ1) is 14.7. The summed E-state index contributed by atoms with van der Waals surface area (Å²) in [6.45, 7) is 12.7. The Morgan fingerprint density at radius 2 is 1.88 bits per heavy atom. The molecule has 3 rings (SSSR count). The molecule has 1 unspecified atom stereocenters. The number of carbonyl (C=O) groups is 2. The molecule has 1 atom stereocenters. The van der Waals surface area contributed by atoms with E-state index in [9.17, 15) is 14.4 Å². The number of hydrogen-bond acceptors (Lipinski definition) is 5. The van der Waals surface area contributed by atoms with Crippen LogP contribution in [-0.2, 0) is 4.74 Å². The molecule has 172 valence electrons. The van der Waals surface area contributed by atoms with Crippen molar-refractivity contribution >= 4 is 17.7 Å². The monoisotopic (exact) mass is 441 g/mol. The summed E-state index contributed by atoms with van der Waals surface area (Å²) in [6, 6.07) is 6.58. The number of hydrogen-bond donors (Lipinski definition) is 3. The maximum atomic E-state index is 13.0. The molecule has 8 heteroatoms. The van der Waals surface area contributed by atoms with Gasteiger partial charge in [-0.25, -0.2) is 4.79 Å². The lowest BCUT2D eigenvalue weighted by Crippen LogP contribution is -2.42. The summed E-state index contributed by atoms with van der Waals surface area (Å²) in [6.07, 6.45) is -0.0818. The zero-order chi connectivity index (χ0) is 23.8. The lowest BCUT2D eigenvalue weighted by atomic mass is 9.89. The van der Waals surface area contributed by atoms with Crippen molar-refractivity contribution in [3.05, 3.63) is 57.0 Å². The highest BCUT2D eigenvalue weighted by Crippen LogP contribution is 2.41. The summed E-state index contributed by atoms with van der Waals surface area (Å²) in [4.78, 5) is 40.3. The third-order valence-electron chi connectivity index (χ3n) is 5.01. The molecule has 0 saturated heterocycles. The van der Waals surface area contributed by atoms with Gasteiger partial charge in [-0.1, -0.05) is 0 Å². The highest BCUT2D eigenvalue weighted by Gasteiger charge is 2.35. The summed E-state index contributed by atoms with van der Waals surface area (Å²) in [5.41, 5.74) is 1.05. The van der Waals surface area contributed by atoms with E-state index in [4.69, 9.17) is 9.47 Å². The fraction of sp³-hybridized carbons (Fsp3) is 0.458. The Labute approximate surface area is 187 Å². The number of amides is 2. The molecular formula is C24H31N3O5. The summed E-state index contributed by atoms with van der Waals surface area (Å²) >= 11 is 0. The summed E-state index contributed by atoms with van der Waals surface area (Å²) in [7, 11) is 0. The third-order valence-corrected chi connectivity index (χ3v) is 5.01. The number of anilines is 1. The van der Waals surface area contributed by atoms with Gasteiger partial charge in [-0.3, -0.25) is 14.9 Å². The fourth-order valence-corrected chi connectivity index (χ4v) is 3.85. The molecule has 0 fully saturated rings. The summed E-state index contributed by atoms with van der Waals surface area (Å²) in [5.74, 6) is 0.152. The topological polar surface area (TPSA) is 110 Å². The molecule has 2 heterocycles. The van der Waals surface area contributed by atoms with E-state index in [1.54, 1.807) is 58.9 Å². The Balaban J connectivity index is 1.90. The van der Waals surface area contributed by atoms with E-state index in [-0.39, 0.29) is 5.56 Å². The minimum atomic E-state index is -0.624. The van der Waals surface area contributed by atoms with Crippen LogP contribution < -0.4 is 20.9 Å². The molecule has 1 aromatic carbocycles. The van der Waals surface area contributed by atoms with Crippen LogP contribution in [0.5, 0.6) is 5.75 Å². The number of rotatable bonds is 3. The van der Waals surface area contributed by atoms with E-state index < -0.39 is 34.8 Å². The first kappa shape index (κ1) is 23.4. The van der Waals surface area contributed by atoms with Crippen molar-refractivity contribution in [2.45, 2.75) is 72.1 Å². The molecule has 1 aliphatic rings. The summed E-state index contributed by atoms with van der Waals surface area (Å²) in [5, 5.41) is 5.70. The fourth-order valence-electron chi connectivity index (χ4n) is 3.85. The number of nitrogens with one attached hydrogen (secondary N) is 3. The Kier molecular flexibility index (Phi) is 6.09. The SMILES string of the molecule is Cc1cc(C)c(C(=O)NC2CC(C)(C)Oc3ccc(NC(=O)OC(C)(C)C)cc32)c(=O)[nH]1. The Bertz CT molecular complexity index is 1110. The average Bonchev–Trinajstić information content (AvgIpc) is 2.58. The van der Waals surface area contributed by atoms with Crippen LogP contribution in [0.2, 0.25) is 0 Å². The van der Waals surface area contributed by atoms with Crippen LogP contribution in [0.3, 0.4) is 0 Å². The third kappa shape index (κ3) is 5.49. The molecule has 2 amide bonds. The molecule has 0 radical (unpaired) electrons. The molecule has 0 spiro atoms. The van der Waals surface area contributed by atoms with Crippen LogP contribution in [-0.4, -0.2) is 28.2 Å². The second-order valence-corrected chi connectivity index (χ2v) is 9.81.